The van der Waals surface area contributed by atoms with E-state index in [2.05, 4.69) is 5.32 Å². The van der Waals surface area contributed by atoms with Gasteiger partial charge < -0.3 is 16.0 Å². The number of carbonyl (C=O) groups excluding carboxylic acids is 2. The fourth-order valence-corrected chi connectivity index (χ4v) is 1.95. The van der Waals surface area contributed by atoms with Crippen LogP contribution in [0.3, 0.4) is 0 Å². The van der Waals surface area contributed by atoms with Gasteiger partial charge in [0.25, 0.3) is 5.91 Å². The molecule has 2 amide bonds. The molecule has 0 aliphatic rings. The van der Waals surface area contributed by atoms with Crippen LogP contribution in [-0.4, -0.2) is 35.8 Å². The monoisotopic (exact) mass is 327 g/mol. The number of nitrogens with zero attached hydrogens (tertiary/aromatic N) is 1. The SMILES string of the molecule is CCN(CC)C(=O)c1ccccc1NC(=O)C(C)C(C)N.Cl. The number of nitrogens with two attached hydrogens (primary N) is 1. The van der Waals surface area contributed by atoms with Crippen molar-refractivity contribution in [1.82, 2.24) is 4.90 Å². The van der Waals surface area contributed by atoms with Crippen LogP contribution in [0.4, 0.5) is 5.69 Å². The fourth-order valence-electron chi connectivity index (χ4n) is 1.95. The van der Waals surface area contributed by atoms with Crippen molar-refractivity contribution in [3.63, 3.8) is 0 Å². The van der Waals surface area contributed by atoms with Gasteiger partial charge in [0.1, 0.15) is 0 Å². The van der Waals surface area contributed by atoms with Crippen LogP contribution in [0.5, 0.6) is 0 Å². The van der Waals surface area contributed by atoms with E-state index in [4.69, 9.17) is 5.73 Å². The number of benzene rings is 1. The molecule has 0 saturated carbocycles. The summed E-state index contributed by atoms with van der Waals surface area (Å²) in [6, 6.07) is 6.82. The molecule has 6 heteroatoms. The summed E-state index contributed by atoms with van der Waals surface area (Å²) in [5.41, 5.74) is 6.78. The van der Waals surface area contributed by atoms with Crippen molar-refractivity contribution in [3.05, 3.63) is 29.8 Å². The minimum atomic E-state index is -0.318. The maximum absolute atomic E-state index is 12.5. The summed E-state index contributed by atoms with van der Waals surface area (Å²) in [6.07, 6.45) is 0. The minimum absolute atomic E-state index is 0. The zero-order chi connectivity index (χ0) is 16.0. The Morgan fingerprint density at radius 1 is 1.18 bits per heavy atom. The second-order valence-electron chi connectivity index (χ2n) is 5.16. The highest BCUT2D eigenvalue weighted by atomic mass is 35.5. The van der Waals surface area contributed by atoms with Crippen LogP contribution >= 0.6 is 12.4 Å². The largest absolute Gasteiger partial charge is 0.339 e. The van der Waals surface area contributed by atoms with Gasteiger partial charge in [-0.05, 0) is 32.9 Å². The van der Waals surface area contributed by atoms with Crippen LogP contribution in [0.1, 0.15) is 38.1 Å². The highest BCUT2D eigenvalue weighted by Gasteiger charge is 2.21. The van der Waals surface area contributed by atoms with Gasteiger partial charge in [0, 0.05) is 19.1 Å². The highest BCUT2D eigenvalue weighted by Crippen LogP contribution is 2.18. The molecule has 124 valence electrons. The number of anilines is 1. The minimum Gasteiger partial charge on any atom is -0.339 e. The average Bonchev–Trinajstić information content (AvgIpc) is 2.47. The molecule has 0 aliphatic carbocycles. The van der Waals surface area contributed by atoms with Gasteiger partial charge in [-0.15, -0.1) is 12.4 Å². The van der Waals surface area contributed by atoms with E-state index < -0.39 is 0 Å². The van der Waals surface area contributed by atoms with Crippen molar-refractivity contribution in [1.29, 1.82) is 0 Å². The van der Waals surface area contributed by atoms with Crippen LogP contribution in [0.15, 0.2) is 24.3 Å². The molecule has 0 aromatic heterocycles. The standard InChI is InChI=1S/C16H25N3O2.ClH/c1-5-19(6-2)16(21)13-9-7-8-10-14(13)18-15(20)11(3)12(4)17;/h7-12H,5-6,17H2,1-4H3,(H,18,20);1H. The number of nitrogens with one attached hydrogen (secondary N) is 1. The van der Waals surface area contributed by atoms with Crippen LogP contribution in [-0.2, 0) is 4.79 Å². The normalized spacial score (nSPS) is 12.8. The summed E-state index contributed by atoms with van der Waals surface area (Å²) in [7, 11) is 0. The maximum Gasteiger partial charge on any atom is 0.255 e. The van der Waals surface area contributed by atoms with Crippen LogP contribution in [0, 0.1) is 5.92 Å². The van der Waals surface area contributed by atoms with E-state index in [1.54, 1.807) is 43.0 Å². The lowest BCUT2D eigenvalue weighted by Crippen LogP contribution is -2.35. The topological polar surface area (TPSA) is 75.4 Å². The van der Waals surface area contributed by atoms with Crippen molar-refractivity contribution >= 4 is 29.9 Å². The van der Waals surface area contributed by atoms with E-state index in [0.717, 1.165) is 0 Å². The predicted molar refractivity (Wildman–Crippen MR) is 92.4 cm³/mol. The van der Waals surface area contributed by atoms with E-state index in [-0.39, 0.29) is 36.2 Å². The summed E-state index contributed by atoms with van der Waals surface area (Å²) in [4.78, 5) is 26.3. The Bertz CT molecular complexity index is 502. The number of para-hydroxylation sites is 1. The van der Waals surface area contributed by atoms with Crippen LogP contribution in [0.25, 0.3) is 0 Å². The molecule has 3 N–H and O–H groups in total. The van der Waals surface area contributed by atoms with Crippen molar-refractivity contribution in [2.45, 2.75) is 33.7 Å². The summed E-state index contributed by atoms with van der Waals surface area (Å²) >= 11 is 0. The Morgan fingerprint density at radius 2 is 1.73 bits per heavy atom. The average molecular weight is 328 g/mol. The third-order valence-electron chi connectivity index (χ3n) is 3.67. The van der Waals surface area contributed by atoms with Gasteiger partial charge >= 0.3 is 0 Å². The molecule has 22 heavy (non-hydrogen) atoms. The molecule has 2 atom stereocenters. The number of amides is 2. The van der Waals surface area contributed by atoms with Crippen molar-refractivity contribution in [3.8, 4) is 0 Å². The molecule has 0 radical (unpaired) electrons. The number of hydrogen-bond donors (Lipinski definition) is 2. The molecule has 1 aromatic rings. The molecule has 1 aromatic carbocycles. The van der Waals surface area contributed by atoms with E-state index in [1.165, 1.54) is 0 Å². The second-order valence-corrected chi connectivity index (χ2v) is 5.16. The Hall–Kier alpha value is -1.59. The van der Waals surface area contributed by atoms with Crippen molar-refractivity contribution < 1.29 is 9.59 Å². The molecule has 0 aliphatic heterocycles. The molecule has 1 rings (SSSR count). The number of rotatable bonds is 6. The maximum atomic E-state index is 12.5. The zero-order valence-corrected chi connectivity index (χ0v) is 14.4. The van der Waals surface area contributed by atoms with E-state index in [0.29, 0.717) is 24.3 Å². The van der Waals surface area contributed by atoms with Gasteiger partial charge in [0.15, 0.2) is 0 Å². The van der Waals surface area contributed by atoms with Gasteiger partial charge in [-0.25, -0.2) is 0 Å². The Morgan fingerprint density at radius 3 is 2.23 bits per heavy atom. The molecular formula is C16H26ClN3O2. The Kier molecular flexibility index (Phi) is 8.75. The lowest BCUT2D eigenvalue weighted by molar-refractivity contribution is -0.119. The Labute approximate surface area is 138 Å². The van der Waals surface area contributed by atoms with Crippen LogP contribution in [0.2, 0.25) is 0 Å². The smallest absolute Gasteiger partial charge is 0.255 e. The number of halogens is 1. The van der Waals surface area contributed by atoms with E-state index in [9.17, 15) is 9.59 Å². The first-order valence-corrected chi connectivity index (χ1v) is 7.37. The zero-order valence-electron chi connectivity index (χ0n) is 13.6. The van der Waals surface area contributed by atoms with Crippen LogP contribution < -0.4 is 11.1 Å². The van der Waals surface area contributed by atoms with E-state index in [1.807, 2.05) is 13.8 Å². The molecule has 0 bridgehead atoms. The third-order valence-corrected chi connectivity index (χ3v) is 3.67. The molecular weight excluding hydrogens is 302 g/mol. The number of hydrogen-bond acceptors (Lipinski definition) is 3. The van der Waals surface area contributed by atoms with Crippen molar-refractivity contribution in [2.24, 2.45) is 11.7 Å². The number of carbonyl (C=O) groups is 2. The molecule has 0 saturated heterocycles. The lowest BCUT2D eigenvalue weighted by atomic mass is 10.0. The first-order chi connectivity index (χ1) is 9.92. The highest BCUT2D eigenvalue weighted by molar-refractivity contribution is 6.04. The summed E-state index contributed by atoms with van der Waals surface area (Å²) < 4.78 is 0. The molecule has 0 spiro atoms. The van der Waals surface area contributed by atoms with Gasteiger partial charge in [0.05, 0.1) is 17.2 Å². The van der Waals surface area contributed by atoms with Gasteiger partial charge in [-0.1, -0.05) is 19.1 Å². The van der Waals surface area contributed by atoms with Crippen molar-refractivity contribution in [2.75, 3.05) is 18.4 Å². The fraction of sp³-hybridized carbons (Fsp3) is 0.500. The molecule has 0 fully saturated rings. The van der Waals surface area contributed by atoms with Gasteiger partial charge in [-0.2, -0.15) is 0 Å². The summed E-state index contributed by atoms with van der Waals surface area (Å²) in [5, 5.41) is 2.81. The molecule has 2 unspecified atom stereocenters. The van der Waals surface area contributed by atoms with E-state index >= 15 is 0 Å². The first-order valence-electron chi connectivity index (χ1n) is 7.37. The quantitative estimate of drug-likeness (QED) is 0.843. The van der Waals surface area contributed by atoms with Gasteiger partial charge in [-0.3, -0.25) is 9.59 Å². The first kappa shape index (κ1) is 20.4. The Balaban J connectivity index is 0.00000441. The predicted octanol–water partition coefficient (Wildman–Crippen LogP) is 2.51. The molecule has 5 nitrogen and oxygen atoms in total. The molecule has 0 heterocycles. The summed E-state index contributed by atoms with van der Waals surface area (Å²) in [5.74, 6) is -0.573. The third kappa shape index (κ3) is 5.00. The summed E-state index contributed by atoms with van der Waals surface area (Å²) in [6.45, 7) is 8.69. The van der Waals surface area contributed by atoms with Gasteiger partial charge in [0.2, 0.25) is 5.91 Å². The lowest BCUT2D eigenvalue weighted by Gasteiger charge is -2.21. The second kappa shape index (κ2) is 9.43.